The SMILES string of the molecule is Nc1ccccc1[O-].[Li+]. The number of para-hydroxylation sites is 2. The fourth-order valence-electron chi connectivity index (χ4n) is 0.481. The zero-order valence-electron chi connectivity index (χ0n) is 5.29. The number of rotatable bonds is 0. The van der Waals surface area contributed by atoms with Gasteiger partial charge in [0.25, 0.3) is 0 Å². The standard InChI is InChI=1S/C6H7NO.Li/c7-5-3-1-2-4-6(5)8;/h1-4,8H,7H2;/q;+1/p-1. The van der Waals surface area contributed by atoms with Crippen molar-refractivity contribution in [1.29, 1.82) is 0 Å². The molecule has 0 radical (unpaired) electrons. The summed E-state index contributed by atoms with van der Waals surface area (Å²) in [6.07, 6.45) is 0. The van der Waals surface area contributed by atoms with Crippen LogP contribution in [0, 0.1) is 0 Å². The molecule has 0 amide bonds. The second kappa shape index (κ2) is 3.44. The Balaban J connectivity index is 0.000000640. The first-order chi connectivity index (χ1) is 3.80. The minimum absolute atomic E-state index is 0. The maximum atomic E-state index is 10.5. The molecule has 1 aromatic carbocycles. The van der Waals surface area contributed by atoms with E-state index >= 15 is 0 Å². The van der Waals surface area contributed by atoms with E-state index in [0.717, 1.165) is 0 Å². The van der Waals surface area contributed by atoms with Crippen LogP contribution in [0.15, 0.2) is 24.3 Å². The molecular formula is C6H6LiNO. The van der Waals surface area contributed by atoms with Crippen molar-refractivity contribution >= 4 is 5.69 Å². The van der Waals surface area contributed by atoms with E-state index in [1.54, 1.807) is 18.2 Å². The van der Waals surface area contributed by atoms with Crippen molar-refractivity contribution in [2.45, 2.75) is 0 Å². The van der Waals surface area contributed by atoms with E-state index in [4.69, 9.17) is 5.73 Å². The summed E-state index contributed by atoms with van der Waals surface area (Å²) in [4.78, 5) is 0. The summed E-state index contributed by atoms with van der Waals surface area (Å²) in [6.45, 7) is 0. The van der Waals surface area contributed by atoms with Crippen molar-refractivity contribution in [3.05, 3.63) is 24.3 Å². The van der Waals surface area contributed by atoms with Gasteiger partial charge >= 0.3 is 18.9 Å². The molecule has 0 bridgehead atoms. The Kier molecular flexibility index (Phi) is 3.22. The molecule has 0 saturated heterocycles. The third kappa shape index (κ3) is 2.01. The molecule has 9 heavy (non-hydrogen) atoms. The largest absolute Gasteiger partial charge is 1.00 e. The van der Waals surface area contributed by atoms with Gasteiger partial charge in [-0.1, -0.05) is 23.9 Å². The van der Waals surface area contributed by atoms with E-state index in [0.29, 0.717) is 5.69 Å². The summed E-state index contributed by atoms with van der Waals surface area (Å²) in [5.74, 6) is -0.104. The Labute approximate surface area is 65.9 Å². The molecule has 0 unspecified atom stereocenters. The zero-order valence-corrected chi connectivity index (χ0v) is 5.29. The second-order valence-electron chi connectivity index (χ2n) is 1.54. The Morgan fingerprint density at radius 1 is 1.22 bits per heavy atom. The van der Waals surface area contributed by atoms with Gasteiger partial charge < -0.3 is 10.8 Å². The number of hydrogen-bond donors (Lipinski definition) is 1. The molecular weight excluding hydrogens is 109 g/mol. The van der Waals surface area contributed by atoms with Gasteiger partial charge in [-0.05, 0) is 6.07 Å². The number of nitrogen functional groups attached to an aromatic ring is 1. The predicted molar refractivity (Wildman–Crippen MR) is 30.3 cm³/mol. The van der Waals surface area contributed by atoms with Gasteiger partial charge in [-0.15, -0.1) is 0 Å². The minimum atomic E-state index is -0.104. The molecule has 3 heteroatoms. The molecule has 0 aliphatic carbocycles. The number of nitrogens with two attached hydrogens (primary N) is 1. The number of benzene rings is 1. The summed E-state index contributed by atoms with van der Waals surface area (Å²) < 4.78 is 0. The summed E-state index contributed by atoms with van der Waals surface area (Å²) in [6, 6.07) is 6.42. The third-order valence-corrected chi connectivity index (χ3v) is 0.919. The van der Waals surface area contributed by atoms with Crippen LogP contribution in [0.5, 0.6) is 5.75 Å². The normalized spacial score (nSPS) is 8.00. The fourth-order valence-corrected chi connectivity index (χ4v) is 0.481. The Morgan fingerprint density at radius 2 is 1.78 bits per heavy atom. The first-order valence-corrected chi connectivity index (χ1v) is 2.32. The van der Waals surface area contributed by atoms with Crippen molar-refractivity contribution in [2.75, 3.05) is 5.73 Å². The monoisotopic (exact) mass is 115 g/mol. The van der Waals surface area contributed by atoms with Gasteiger partial charge in [0, 0.05) is 5.69 Å². The minimum Gasteiger partial charge on any atom is -0.871 e. The number of hydrogen-bond acceptors (Lipinski definition) is 2. The van der Waals surface area contributed by atoms with E-state index < -0.39 is 0 Å². The Bertz CT molecular complexity index is 169. The van der Waals surface area contributed by atoms with Gasteiger partial charge in [0.1, 0.15) is 0 Å². The van der Waals surface area contributed by atoms with Crippen LogP contribution < -0.4 is 29.7 Å². The smallest absolute Gasteiger partial charge is 0.871 e. The summed E-state index contributed by atoms with van der Waals surface area (Å²) in [5.41, 5.74) is 5.52. The molecule has 1 rings (SSSR count). The van der Waals surface area contributed by atoms with Crippen LogP contribution in [-0.2, 0) is 0 Å². The van der Waals surface area contributed by atoms with E-state index in [2.05, 4.69) is 0 Å². The fraction of sp³-hybridized carbons (Fsp3) is 0. The molecule has 0 heterocycles. The van der Waals surface area contributed by atoms with Gasteiger partial charge in [-0.25, -0.2) is 0 Å². The van der Waals surface area contributed by atoms with Gasteiger partial charge in [0.2, 0.25) is 0 Å². The summed E-state index contributed by atoms with van der Waals surface area (Å²) in [7, 11) is 0. The van der Waals surface area contributed by atoms with Gasteiger partial charge in [0.05, 0.1) is 0 Å². The third-order valence-electron chi connectivity index (χ3n) is 0.919. The van der Waals surface area contributed by atoms with Crippen LogP contribution >= 0.6 is 0 Å². The van der Waals surface area contributed by atoms with Crippen LogP contribution in [-0.4, -0.2) is 0 Å². The van der Waals surface area contributed by atoms with E-state index in [1.165, 1.54) is 6.07 Å². The average molecular weight is 115 g/mol. The van der Waals surface area contributed by atoms with Crippen LogP contribution in [0.2, 0.25) is 0 Å². The molecule has 0 aromatic heterocycles. The molecule has 1 aromatic rings. The molecule has 2 N–H and O–H groups in total. The van der Waals surface area contributed by atoms with Crippen LogP contribution in [0.25, 0.3) is 0 Å². The molecule has 42 valence electrons. The van der Waals surface area contributed by atoms with Crippen LogP contribution in [0.1, 0.15) is 0 Å². The number of anilines is 1. The molecule has 0 spiro atoms. The Morgan fingerprint density at radius 3 is 2.11 bits per heavy atom. The van der Waals surface area contributed by atoms with Crippen molar-refractivity contribution in [1.82, 2.24) is 0 Å². The van der Waals surface area contributed by atoms with Gasteiger partial charge in [-0.3, -0.25) is 0 Å². The molecule has 2 nitrogen and oxygen atoms in total. The van der Waals surface area contributed by atoms with Crippen molar-refractivity contribution in [3.63, 3.8) is 0 Å². The molecule has 0 aliphatic heterocycles. The Hall–Kier alpha value is -0.583. The molecule has 0 fully saturated rings. The van der Waals surface area contributed by atoms with Gasteiger partial charge in [-0.2, -0.15) is 0 Å². The van der Waals surface area contributed by atoms with Crippen molar-refractivity contribution < 1.29 is 24.0 Å². The second-order valence-corrected chi connectivity index (χ2v) is 1.54. The molecule has 0 aliphatic rings. The summed E-state index contributed by atoms with van der Waals surface area (Å²) >= 11 is 0. The first kappa shape index (κ1) is 8.42. The predicted octanol–water partition coefficient (Wildman–Crippen LogP) is -2.65. The van der Waals surface area contributed by atoms with E-state index in [1.807, 2.05) is 0 Å². The van der Waals surface area contributed by atoms with Crippen molar-refractivity contribution in [3.8, 4) is 5.75 Å². The van der Waals surface area contributed by atoms with E-state index in [9.17, 15) is 5.11 Å². The van der Waals surface area contributed by atoms with E-state index in [-0.39, 0.29) is 24.6 Å². The van der Waals surface area contributed by atoms with Crippen LogP contribution in [0.4, 0.5) is 5.69 Å². The average Bonchev–Trinajstić information content (AvgIpc) is 1.77. The quantitative estimate of drug-likeness (QED) is 0.296. The van der Waals surface area contributed by atoms with Crippen molar-refractivity contribution in [2.24, 2.45) is 0 Å². The summed E-state index contributed by atoms with van der Waals surface area (Å²) in [5, 5.41) is 10.5. The zero-order chi connectivity index (χ0) is 5.98. The topological polar surface area (TPSA) is 49.1 Å². The first-order valence-electron chi connectivity index (χ1n) is 2.32. The maximum Gasteiger partial charge on any atom is 1.00 e. The maximum absolute atomic E-state index is 10.5. The molecule has 0 saturated carbocycles. The molecule has 0 atom stereocenters. The van der Waals surface area contributed by atoms with Gasteiger partial charge in [0.15, 0.2) is 0 Å². The van der Waals surface area contributed by atoms with Crippen LogP contribution in [0.3, 0.4) is 0 Å².